The van der Waals surface area contributed by atoms with Crippen molar-refractivity contribution in [2.45, 2.75) is 0 Å². The maximum atomic E-state index is 8.13. The summed E-state index contributed by atoms with van der Waals surface area (Å²) in [6, 6.07) is 0. The minimum absolute atomic E-state index is 0. The lowest BCUT2D eigenvalue weighted by Gasteiger charge is -2.09. The summed E-state index contributed by atoms with van der Waals surface area (Å²) in [6.07, 6.45) is 0. The molecule has 0 amide bonds. The smallest absolute Gasteiger partial charge is 0.0993 e. The van der Waals surface area contributed by atoms with Crippen molar-refractivity contribution in [1.82, 2.24) is 4.90 Å². The third-order valence-electron chi connectivity index (χ3n) is 0.600. The van der Waals surface area contributed by atoms with Crippen molar-refractivity contribution < 1.29 is 15.3 Å². The van der Waals surface area contributed by atoms with E-state index < -0.39 is 0 Å². The topological polar surface area (TPSA) is 63.9 Å². The van der Waals surface area contributed by atoms with Crippen molar-refractivity contribution in [3.63, 3.8) is 0 Å². The molecule has 0 aliphatic carbocycles. The van der Waals surface area contributed by atoms with Gasteiger partial charge in [-0.1, -0.05) is 0 Å². The molecule has 0 aliphatic heterocycles. The monoisotopic (exact) mass is 118 g/mol. The number of aliphatic hydroxyl groups is 3. The van der Waals surface area contributed by atoms with Crippen LogP contribution in [-0.4, -0.2) is 48.8 Å². The Morgan fingerprint density at radius 1 is 0.875 bits per heavy atom. The lowest BCUT2D eigenvalue weighted by Crippen LogP contribution is -2.26. The summed E-state index contributed by atoms with van der Waals surface area (Å²) in [7, 11) is 0. The van der Waals surface area contributed by atoms with Crippen LogP contribution < -0.4 is 0 Å². The SMILES string of the molecule is OCN(CO)CO.[B-]. The molecule has 0 aromatic heterocycles. The molecule has 0 bridgehead atoms. The van der Waals surface area contributed by atoms with Gasteiger partial charge in [0.1, 0.15) is 0 Å². The van der Waals surface area contributed by atoms with Crippen molar-refractivity contribution >= 4 is 8.41 Å². The summed E-state index contributed by atoms with van der Waals surface area (Å²) >= 11 is 0. The van der Waals surface area contributed by atoms with Gasteiger partial charge in [0, 0.05) is 0 Å². The third-order valence-corrected chi connectivity index (χ3v) is 0.600. The molecule has 0 unspecified atom stereocenters. The summed E-state index contributed by atoms with van der Waals surface area (Å²) < 4.78 is 0. The van der Waals surface area contributed by atoms with Crippen molar-refractivity contribution in [2.75, 3.05) is 20.2 Å². The Hall–Kier alpha value is -0.0951. The van der Waals surface area contributed by atoms with Crippen LogP contribution in [0.3, 0.4) is 0 Å². The molecule has 4 nitrogen and oxygen atoms in total. The Bertz CT molecular complexity index is 36.0. The molecule has 48 valence electrons. The molecule has 3 N–H and O–H groups in total. The van der Waals surface area contributed by atoms with E-state index in [4.69, 9.17) is 15.3 Å². The highest BCUT2D eigenvalue weighted by molar-refractivity contribution is 5.75. The first kappa shape index (κ1) is 10.8. The quantitative estimate of drug-likeness (QED) is 0.289. The van der Waals surface area contributed by atoms with Crippen LogP contribution in [0.25, 0.3) is 0 Å². The summed E-state index contributed by atoms with van der Waals surface area (Å²) in [5.41, 5.74) is 0. The van der Waals surface area contributed by atoms with Crippen LogP contribution in [0.1, 0.15) is 0 Å². The van der Waals surface area contributed by atoms with Crippen LogP contribution in [-0.2, 0) is 0 Å². The Labute approximate surface area is 49.9 Å². The van der Waals surface area contributed by atoms with Gasteiger partial charge < -0.3 is 23.7 Å². The molecule has 0 spiro atoms. The molecule has 0 saturated heterocycles. The first-order chi connectivity index (χ1) is 3.35. The zero-order valence-corrected chi connectivity index (χ0v) is 4.49. The predicted molar refractivity (Wildman–Crippen MR) is 28.9 cm³/mol. The fourth-order valence-electron chi connectivity index (χ4n) is 0.134. The van der Waals surface area contributed by atoms with Crippen molar-refractivity contribution in [3.8, 4) is 0 Å². The molecule has 8 heavy (non-hydrogen) atoms. The summed E-state index contributed by atoms with van der Waals surface area (Å²) in [5, 5.41) is 24.4. The molecule has 5 heteroatoms. The van der Waals surface area contributed by atoms with Crippen LogP contribution in [0.5, 0.6) is 0 Å². The van der Waals surface area contributed by atoms with E-state index in [1.807, 2.05) is 0 Å². The largest absolute Gasteiger partial charge is 1.00 e. The molecule has 0 aromatic rings. The number of aliphatic hydroxyl groups excluding tert-OH is 3. The van der Waals surface area contributed by atoms with Crippen LogP contribution in [0.2, 0.25) is 0 Å². The van der Waals surface area contributed by atoms with Crippen molar-refractivity contribution in [3.05, 3.63) is 0 Å². The van der Waals surface area contributed by atoms with E-state index in [0.29, 0.717) is 0 Å². The van der Waals surface area contributed by atoms with Crippen molar-refractivity contribution in [1.29, 1.82) is 0 Å². The van der Waals surface area contributed by atoms with Crippen LogP contribution >= 0.6 is 0 Å². The highest BCUT2D eigenvalue weighted by Crippen LogP contribution is 1.75. The van der Waals surface area contributed by atoms with Crippen molar-refractivity contribution in [2.24, 2.45) is 0 Å². The van der Waals surface area contributed by atoms with Gasteiger partial charge >= 0.3 is 0 Å². The zero-order chi connectivity index (χ0) is 5.70. The Morgan fingerprint density at radius 2 is 1.12 bits per heavy atom. The second-order valence-corrected chi connectivity index (χ2v) is 1.10. The van der Waals surface area contributed by atoms with E-state index in [-0.39, 0.29) is 28.6 Å². The van der Waals surface area contributed by atoms with Crippen LogP contribution in [0.15, 0.2) is 0 Å². The second-order valence-electron chi connectivity index (χ2n) is 1.10. The molecule has 0 saturated carbocycles. The fraction of sp³-hybridized carbons (Fsp3) is 1.00. The van der Waals surface area contributed by atoms with Crippen LogP contribution in [0, 0.1) is 0 Å². The molecule has 0 heterocycles. The van der Waals surface area contributed by atoms with E-state index in [9.17, 15) is 0 Å². The van der Waals surface area contributed by atoms with E-state index in [0.717, 1.165) is 4.90 Å². The van der Waals surface area contributed by atoms with Gasteiger partial charge in [-0.2, -0.15) is 0 Å². The summed E-state index contributed by atoms with van der Waals surface area (Å²) in [4.78, 5) is 1.04. The van der Waals surface area contributed by atoms with E-state index in [1.165, 1.54) is 0 Å². The number of rotatable bonds is 3. The Kier molecular flexibility index (Phi) is 9.33. The summed E-state index contributed by atoms with van der Waals surface area (Å²) in [6.45, 7) is -0.938. The molecule has 0 fully saturated rings. The van der Waals surface area contributed by atoms with Gasteiger partial charge in [-0.25, -0.2) is 4.90 Å². The molecule has 0 rings (SSSR count). The molecule has 0 atom stereocenters. The number of hydrogen-bond donors (Lipinski definition) is 3. The maximum absolute atomic E-state index is 8.13. The van der Waals surface area contributed by atoms with E-state index >= 15 is 0 Å². The molecular formula is C3H9BNO3-. The number of hydrogen-bond acceptors (Lipinski definition) is 4. The minimum atomic E-state index is -0.312. The van der Waals surface area contributed by atoms with Crippen LogP contribution in [0.4, 0.5) is 0 Å². The Balaban J connectivity index is 0. The average Bonchev–Trinajstić information content (AvgIpc) is 1.72. The fourth-order valence-corrected chi connectivity index (χ4v) is 0.134. The van der Waals surface area contributed by atoms with Gasteiger partial charge in [0.05, 0.1) is 20.2 Å². The van der Waals surface area contributed by atoms with Gasteiger partial charge in [0.2, 0.25) is 0 Å². The third kappa shape index (κ3) is 4.07. The normalized spacial score (nSPS) is 9.00. The standard InChI is InChI=1S/C3H9NO3.B/c5-1-4(2-6)3-7;/h5-7H,1-3H2;/q;-1. The first-order valence-corrected chi connectivity index (χ1v) is 1.90. The van der Waals surface area contributed by atoms with E-state index in [1.54, 1.807) is 0 Å². The highest BCUT2D eigenvalue weighted by atomic mass is 16.3. The molecule has 0 aromatic carbocycles. The molecule has 4 radical (unpaired) electrons. The molecular weight excluding hydrogens is 109 g/mol. The predicted octanol–water partition coefficient (Wildman–Crippen LogP) is -2.24. The lowest BCUT2D eigenvalue weighted by molar-refractivity contribution is -0.0268. The van der Waals surface area contributed by atoms with Gasteiger partial charge in [-0.15, -0.1) is 0 Å². The summed E-state index contributed by atoms with van der Waals surface area (Å²) in [5.74, 6) is 0. The zero-order valence-electron chi connectivity index (χ0n) is 4.49. The van der Waals surface area contributed by atoms with Gasteiger partial charge in [0.15, 0.2) is 0 Å². The number of nitrogens with zero attached hydrogens (tertiary/aromatic N) is 1. The van der Waals surface area contributed by atoms with Gasteiger partial charge in [-0.05, 0) is 0 Å². The van der Waals surface area contributed by atoms with Gasteiger partial charge in [0.25, 0.3) is 0 Å². The maximum Gasteiger partial charge on any atom is 0.0993 e. The highest BCUT2D eigenvalue weighted by Gasteiger charge is 1.93. The lowest BCUT2D eigenvalue weighted by atomic mass is 10.8. The molecule has 0 aliphatic rings. The van der Waals surface area contributed by atoms with Gasteiger partial charge in [-0.3, -0.25) is 0 Å². The van der Waals surface area contributed by atoms with E-state index in [2.05, 4.69) is 0 Å². The Morgan fingerprint density at radius 3 is 1.12 bits per heavy atom. The second kappa shape index (κ2) is 6.90. The average molecular weight is 118 g/mol. The minimum Gasteiger partial charge on any atom is -1.00 e. The first-order valence-electron chi connectivity index (χ1n) is 1.90.